The lowest BCUT2D eigenvalue weighted by molar-refractivity contribution is -0.130. The van der Waals surface area contributed by atoms with Gasteiger partial charge in [0.2, 0.25) is 5.91 Å². The number of rotatable bonds is 5. The maximum Gasteiger partial charge on any atom is 0.241 e. The standard InChI is InChI=1S/C14H20N2O/c1-11(12-8-9-12)16(2)14(17)10-15-13-6-4-3-5-7-13/h3-7,11-12,15H,8-10H2,1-2H3. The molecular weight excluding hydrogens is 212 g/mol. The van der Waals surface area contributed by atoms with Crippen LogP contribution in [0.1, 0.15) is 19.8 Å². The van der Waals surface area contributed by atoms with Gasteiger partial charge in [-0.2, -0.15) is 0 Å². The molecule has 1 N–H and O–H groups in total. The van der Waals surface area contributed by atoms with Gasteiger partial charge >= 0.3 is 0 Å². The Bertz CT molecular complexity index is 373. The summed E-state index contributed by atoms with van der Waals surface area (Å²) >= 11 is 0. The van der Waals surface area contributed by atoms with Crippen LogP contribution in [0.2, 0.25) is 0 Å². The molecule has 1 unspecified atom stereocenters. The third kappa shape index (κ3) is 3.22. The van der Waals surface area contributed by atoms with Crippen LogP contribution in [0.25, 0.3) is 0 Å². The van der Waals surface area contributed by atoms with Crippen molar-refractivity contribution < 1.29 is 4.79 Å². The fraction of sp³-hybridized carbons (Fsp3) is 0.500. The minimum atomic E-state index is 0.160. The molecule has 1 atom stereocenters. The SMILES string of the molecule is CC(C1CC1)N(C)C(=O)CNc1ccccc1. The summed E-state index contributed by atoms with van der Waals surface area (Å²) in [4.78, 5) is 13.8. The summed E-state index contributed by atoms with van der Waals surface area (Å²) in [6, 6.07) is 10.2. The van der Waals surface area contributed by atoms with E-state index in [1.54, 1.807) is 0 Å². The molecule has 1 amide bonds. The first-order valence-electron chi connectivity index (χ1n) is 6.23. The first-order chi connectivity index (χ1) is 8.18. The van der Waals surface area contributed by atoms with Crippen LogP contribution >= 0.6 is 0 Å². The summed E-state index contributed by atoms with van der Waals surface area (Å²) in [5, 5.41) is 3.15. The van der Waals surface area contributed by atoms with E-state index in [0.29, 0.717) is 12.6 Å². The van der Waals surface area contributed by atoms with E-state index in [2.05, 4.69) is 12.2 Å². The van der Waals surface area contributed by atoms with Crippen LogP contribution < -0.4 is 5.32 Å². The van der Waals surface area contributed by atoms with Crippen molar-refractivity contribution in [3.63, 3.8) is 0 Å². The average molecular weight is 232 g/mol. The molecule has 2 rings (SSSR count). The number of amides is 1. The lowest BCUT2D eigenvalue weighted by atomic mass is 10.2. The van der Waals surface area contributed by atoms with Gasteiger partial charge in [0.25, 0.3) is 0 Å². The number of hydrogen-bond donors (Lipinski definition) is 1. The second-order valence-corrected chi connectivity index (χ2v) is 4.80. The van der Waals surface area contributed by atoms with E-state index < -0.39 is 0 Å². The summed E-state index contributed by atoms with van der Waals surface area (Å²) in [5.41, 5.74) is 0.994. The minimum absolute atomic E-state index is 0.160. The van der Waals surface area contributed by atoms with Gasteiger partial charge in [-0.1, -0.05) is 18.2 Å². The topological polar surface area (TPSA) is 32.3 Å². The largest absolute Gasteiger partial charge is 0.376 e. The molecule has 0 bridgehead atoms. The van der Waals surface area contributed by atoms with Crippen molar-refractivity contribution in [1.82, 2.24) is 4.90 Å². The highest BCUT2D eigenvalue weighted by molar-refractivity contribution is 5.80. The lowest BCUT2D eigenvalue weighted by Gasteiger charge is -2.25. The highest BCUT2D eigenvalue weighted by Crippen LogP contribution is 2.34. The molecule has 0 aromatic heterocycles. The number of benzene rings is 1. The Kier molecular flexibility index (Phi) is 3.67. The highest BCUT2D eigenvalue weighted by Gasteiger charge is 2.32. The smallest absolute Gasteiger partial charge is 0.241 e. The van der Waals surface area contributed by atoms with Crippen molar-refractivity contribution in [1.29, 1.82) is 0 Å². The van der Waals surface area contributed by atoms with E-state index in [1.807, 2.05) is 42.3 Å². The Morgan fingerprint density at radius 3 is 2.65 bits per heavy atom. The van der Waals surface area contributed by atoms with E-state index in [1.165, 1.54) is 12.8 Å². The van der Waals surface area contributed by atoms with E-state index in [-0.39, 0.29) is 5.91 Å². The summed E-state index contributed by atoms with van der Waals surface area (Å²) < 4.78 is 0. The molecule has 1 aromatic rings. The van der Waals surface area contributed by atoms with Crippen LogP contribution in [-0.4, -0.2) is 30.4 Å². The molecule has 0 heterocycles. The van der Waals surface area contributed by atoms with Gasteiger partial charge in [0.05, 0.1) is 6.54 Å². The first-order valence-corrected chi connectivity index (χ1v) is 6.23. The Morgan fingerprint density at radius 2 is 2.06 bits per heavy atom. The van der Waals surface area contributed by atoms with Crippen LogP contribution in [0, 0.1) is 5.92 Å². The van der Waals surface area contributed by atoms with Crippen LogP contribution in [0.3, 0.4) is 0 Å². The Labute approximate surface area is 103 Å². The predicted molar refractivity (Wildman–Crippen MR) is 69.9 cm³/mol. The highest BCUT2D eigenvalue weighted by atomic mass is 16.2. The fourth-order valence-electron chi connectivity index (χ4n) is 1.98. The zero-order chi connectivity index (χ0) is 12.3. The van der Waals surface area contributed by atoms with Gasteiger partial charge in [0.15, 0.2) is 0 Å². The molecule has 92 valence electrons. The van der Waals surface area contributed by atoms with E-state index in [0.717, 1.165) is 11.6 Å². The fourth-order valence-corrected chi connectivity index (χ4v) is 1.98. The molecule has 1 saturated carbocycles. The zero-order valence-corrected chi connectivity index (χ0v) is 10.5. The molecule has 1 aromatic carbocycles. The second kappa shape index (κ2) is 5.21. The zero-order valence-electron chi connectivity index (χ0n) is 10.5. The van der Waals surface area contributed by atoms with Crippen molar-refractivity contribution in [2.45, 2.75) is 25.8 Å². The summed E-state index contributed by atoms with van der Waals surface area (Å²) in [5.74, 6) is 0.883. The predicted octanol–water partition coefficient (Wildman–Crippen LogP) is 2.36. The third-order valence-corrected chi connectivity index (χ3v) is 3.53. The molecule has 3 nitrogen and oxygen atoms in total. The van der Waals surface area contributed by atoms with Gasteiger partial charge in [-0.15, -0.1) is 0 Å². The molecule has 0 spiro atoms. The van der Waals surface area contributed by atoms with Crippen molar-refractivity contribution in [3.05, 3.63) is 30.3 Å². The number of nitrogens with one attached hydrogen (secondary N) is 1. The van der Waals surface area contributed by atoms with Crippen molar-refractivity contribution in [3.8, 4) is 0 Å². The molecular formula is C14H20N2O. The van der Waals surface area contributed by atoms with Crippen LogP contribution in [0.4, 0.5) is 5.69 Å². The molecule has 0 saturated heterocycles. The molecule has 1 aliphatic carbocycles. The monoisotopic (exact) mass is 232 g/mol. The van der Waals surface area contributed by atoms with Crippen LogP contribution in [-0.2, 0) is 4.79 Å². The van der Waals surface area contributed by atoms with Gasteiger partial charge in [-0.25, -0.2) is 0 Å². The number of anilines is 1. The molecule has 0 aliphatic heterocycles. The van der Waals surface area contributed by atoms with Gasteiger partial charge in [-0.05, 0) is 37.8 Å². The van der Waals surface area contributed by atoms with Crippen LogP contribution in [0.15, 0.2) is 30.3 Å². The number of likely N-dealkylation sites (N-methyl/N-ethyl adjacent to an activating group) is 1. The number of nitrogens with zero attached hydrogens (tertiary/aromatic N) is 1. The molecule has 17 heavy (non-hydrogen) atoms. The Balaban J connectivity index is 1.80. The van der Waals surface area contributed by atoms with Crippen molar-refractivity contribution >= 4 is 11.6 Å². The maximum absolute atomic E-state index is 12.0. The molecule has 0 radical (unpaired) electrons. The quantitative estimate of drug-likeness (QED) is 0.845. The Morgan fingerprint density at radius 1 is 1.41 bits per heavy atom. The molecule has 1 fully saturated rings. The average Bonchev–Trinajstić information content (AvgIpc) is 3.19. The normalized spacial score (nSPS) is 16.4. The summed E-state index contributed by atoms with van der Waals surface area (Å²) in [6.07, 6.45) is 2.54. The molecule has 1 aliphatic rings. The van der Waals surface area contributed by atoms with Crippen molar-refractivity contribution in [2.24, 2.45) is 5.92 Å². The third-order valence-electron chi connectivity index (χ3n) is 3.53. The van der Waals surface area contributed by atoms with Gasteiger partial charge in [0, 0.05) is 18.8 Å². The minimum Gasteiger partial charge on any atom is -0.376 e. The molecule has 3 heteroatoms. The van der Waals surface area contributed by atoms with Gasteiger partial charge < -0.3 is 10.2 Å². The Hall–Kier alpha value is -1.51. The van der Waals surface area contributed by atoms with Gasteiger partial charge in [0.1, 0.15) is 0 Å². The van der Waals surface area contributed by atoms with Crippen LogP contribution in [0.5, 0.6) is 0 Å². The maximum atomic E-state index is 12.0. The number of para-hydroxylation sites is 1. The summed E-state index contributed by atoms with van der Waals surface area (Å²) in [7, 11) is 1.90. The van der Waals surface area contributed by atoms with Gasteiger partial charge in [-0.3, -0.25) is 4.79 Å². The number of carbonyl (C=O) groups is 1. The second-order valence-electron chi connectivity index (χ2n) is 4.80. The first kappa shape index (κ1) is 12.0. The van der Waals surface area contributed by atoms with E-state index in [4.69, 9.17) is 0 Å². The van der Waals surface area contributed by atoms with E-state index >= 15 is 0 Å². The number of carbonyl (C=O) groups excluding carboxylic acids is 1. The van der Waals surface area contributed by atoms with E-state index in [9.17, 15) is 4.79 Å². The number of hydrogen-bond acceptors (Lipinski definition) is 2. The lowest BCUT2D eigenvalue weighted by Crippen LogP contribution is -2.39. The van der Waals surface area contributed by atoms with Crippen molar-refractivity contribution in [2.75, 3.05) is 18.9 Å². The summed E-state index contributed by atoms with van der Waals surface area (Å²) in [6.45, 7) is 2.51.